The number of nitrogens with zero attached hydrogens (tertiary/aromatic N) is 1. The fourth-order valence-electron chi connectivity index (χ4n) is 2.54. The van der Waals surface area contributed by atoms with Gasteiger partial charge in [0.1, 0.15) is 18.1 Å². The number of carbonyl (C=O) groups excluding carboxylic acids is 2. The fraction of sp³-hybridized carbons (Fsp3) is 0.100. The molecule has 8 heteroatoms. The average molecular weight is 421 g/mol. The van der Waals surface area contributed by atoms with Gasteiger partial charge in [-0.2, -0.15) is 0 Å². The summed E-state index contributed by atoms with van der Waals surface area (Å²) in [4.78, 5) is 26.6. The van der Waals surface area contributed by atoms with Gasteiger partial charge >= 0.3 is 0 Å². The molecule has 0 bridgehead atoms. The highest BCUT2D eigenvalue weighted by Crippen LogP contribution is 2.26. The van der Waals surface area contributed by atoms with Gasteiger partial charge < -0.3 is 14.6 Å². The first-order chi connectivity index (χ1) is 13.4. The van der Waals surface area contributed by atoms with E-state index in [-0.39, 0.29) is 28.7 Å². The summed E-state index contributed by atoms with van der Waals surface area (Å²) < 4.78 is 19.1. The van der Waals surface area contributed by atoms with Crippen LogP contribution >= 0.6 is 23.2 Å². The Bertz CT molecular complexity index is 979. The van der Waals surface area contributed by atoms with Crippen molar-refractivity contribution in [3.63, 3.8) is 0 Å². The standard InChI is InChI=1S/C20H15Cl2FN2O3/c21-16-10-17(22)18(23)9-15(16)20(27)25(11-14-7-4-8-28-14)12-19(26)24-13-5-2-1-3-6-13/h1-10H,11-12H2,(H,24,26). The molecule has 0 fully saturated rings. The molecule has 1 N–H and O–H groups in total. The zero-order chi connectivity index (χ0) is 20.1. The Kier molecular flexibility index (Phi) is 6.34. The first-order valence-electron chi connectivity index (χ1n) is 8.25. The van der Waals surface area contributed by atoms with Gasteiger partial charge in [-0.25, -0.2) is 4.39 Å². The van der Waals surface area contributed by atoms with E-state index < -0.39 is 17.6 Å². The molecule has 0 unspecified atom stereocenters. The summed E-state index contributed by atoms with van der Waals surface area (Å²) in [6.45, 7) is -0.274. The maximum atomic E-state index is 13.9. The molecule has 0 atom stereocenters. The summed E-state index contributed by atoms with van der Waals surface area (Å²) in [6.07, 6.45) is 1.46. The molecular formula is C20H15Cl2FN2O3. The highest BCUT2D eigenvalue weighted by molar-refractivity contribution is 6.36. The lowest BCUT2D eigenvalue weighted by Crippen LogP contribution is -2.37. The van der Waals surface area contributed by atoms with E-state index in [2.05, 4.69) is 5.32 Å². The second-order valence-electron chi connectivity index (χ2n) is 5.90. The van der Waals surface area contributed by atoms with Gasteiger partial charge in [-0.15, -0.1) is 0 Å². The van der Waals surface area contributed by atoms with Crippen LogP contribution in [0.4, 0.5) is 10.1 Å². The molecule has 0 aliphatic rings. The number of rotatable bonds is 6. The molecule has 2 amide bonds. The number of amides is 2. The maximum Gasteiger partial charge on any atom is 0.256 e. The quantitative estimate of drug-likeness (QED) is 0.570. The van der Waals surface area contributed by atoms with Crippen LogP contribution in [-0.2, 0) is 11.3 Å². The predicted molar refractivity (Wildman–Crippen MR) is 105 cm³/mol. The summed E-state index contributed by atoms with van der Waals surface area (Å²) in [5.41, 5.74) is 0.496. The largest absolute Gasteiger partial charge is 0.467 e. The van der Waals surface area contributed by atoms with Crippen LogP contribution in [0.2, 0.25) is 10.0 Å². The van der Waals surface area contributed by atoms with Crippen LogP contribution in [0.1, 0.15) is 16.1 Å². The van der Waals surface area contributed by atoms with E-state index in [0.29, 0.717) is 11.4 Å². The van der Waals surface area contributed by atoms with Crippen LogP contribution in [0, 0.1) is 5.82 Å². The van der Waals surface area contributed by atoms with Crippen molar-refractivity contribution in [2.75, 3.05) is 11.9 Å². The molecule has 0 aliphatic heterocycles. The molecule has 0 radical (unpaired) electrons. The third-order valence-electron chi connectivity index (χ3n) is 3.85. The third kappa shape index (κ3) is 4.91. The van der Waals surface area contributed by atoms with Gasteiger partial charge in [-0.3, -0.25) is 9.59 Å². The number of anilines is 1. The Morgan fingerprint density at radius 1 is 1.04 bits per heavy atom. The molecule has 0 aliphatic carbocycles. The first kappa shape index (κ1) is 19.9. The van der Waals surface area contributed by atoms with E-state index in [1.54, 1.807) is 36.4 Å². The number of para-hydroxylation sites is 1. The SMILES string of the molecule is O=C(CN(Cc1ccco1)C(=O)c1cc(F)c(Cl)cc1Cl)Nc1ccccc1. The number of furan rings is 1. The zero-order valence-electron chi connectivity index (χ0n) is 14.5. The Morgan fingerprint density at radius 2 is 1.79 bits per heavy atom. The van der Waals surface area contributed by atoms with Crippen LogP contribution in [0.5, 0.6) is 0 Å². The van der Waals surface area contributed by atoms with Gasteiger partial charge in [-0.05, 0) is 36.4 Å². The van der Waals surface area contributed by atoms with Crippen molar-refractivity contribution >= 4 is 40.7 Å². The van der Waals surface area contributed by atoms with Gasteiger partial charge in [-0.1, -0.05) is 41.4 Å². The molecular weight excluding hydrogens is 406 g/mol. The Hall–Kier alpha value is -2.83. The smallest absolute Gasteiger partial charge is 0.256 e. The number of hydrogen-bond acceptors (Lipinski definition) is 3. The minimum atomic E-state index is -0.777. The van der Waals surface area contributed by atoms with Crippen molar-refractivity contribution in [2.24, 2.45) is 0 Å². The molecule has 2 aromatic carbocycles. The van der Waals surface area contributed by atoms with Crippen molar-refractivity contribution in [2.45, 2.75) is 6.54 Å². The maximum absolute atomic E-state index is 13.9. The zero-order valence-corrected chi connectivity index (χ0v) is 16.0. The van der Waals surface area contributed by atoms with Gasteiger partial charge in [0.15, 0.2) is 0 Å². The second-order valence-corrected chi connectivity index (χ2v) is 6.72. The Labute approximate surface area is 170 Å². The summed E-state index contributed by atoms with van der Waals surface area (Å²) in [7, 11) is 0. The van der Waals surface area contributed by atoms with Crippen LogP contribution in [0.25, 0.3) is 0 Å². The molecule has 5 nitrogen and oxygen atoms in total. The van der Waals surface area contributed by atoms with Gasteiger partial charge in [0.2, 0.25) is 5.91 Å². The second kappa shape index (κ2) is 8.91. The fourth-order valence-corrected chi connectivity index (χ4v) is 3.01. The summed E-state index contributed by atoms with van der Waals surface area (Å²) >= 11 is 11.8. The molecule has 0 saturated heterocycles. The highest BCUT2D eigenvalue weighted by Gasteiger charge is 2.23. The van der Waals surface area contributed by atoms with Gasteiger partial charge in [0.05, 0.1) is 28.4 Å². The van der Waals surface area contributed by atoms with Crippen LogP contribution in [-0.4, -0.2) is 23.3 Å². The average Bonchev–Trinajstić information content (AvgIpc) is 3.17. The normalized spacial score (nSPS) is 10.5. The van der Waals surface area contributed by atoms with E-state index in [9.17, 15) is 14.0 Å². The lowest BCUT2D eigenvalue weighted by molar-refractivity contribution is -0.117. The van der Waals surface area contributed by atoms with Crippen molar-refractivity contribution < 1.29 is 18.4 Å². The molecule has 28 heavy (non-hydrogen) atoms. The third-order valence-corrected chi connectivity index (χ3v) is 4.45. The number of benzene rings is 2. The summed E-state index contributed by atoms with van der Waals surface area (Å²) in [6, 6.07) is 14.3. The van der Waals surface area contributed by atoms with Crippen LogP contribution < -0.4 is 5.32 Å². The number of carbonyl (C=O) groups is 2. The topological polar surface area (TPSA) is 62.6 Å². The van der Waals surface area contributed by atoms with Crippen molar-refractivity contribution in [3.8, 4) is 0 Å². The first-order valence-corrected chi connectivity index (χ1v) is 9.00. The minimum Gasteiger partial charge on any atom is -0.467 e. The van der Waals surface area contributed by atoms with E-state index in [1.165, 1.54) is 11.2 Å². The van der Waals surface area contributed by atoms with Crippen molar-refractivity contribution in [3.05, 3.63) is 88.0 Å². The Balaban J connectivity index is 1.83. The minimum absolute atomic E-state index is 0.00855. The predicted octanol–water partition coefficient (Wildman–Crippen LogP) is 5.01. The summed E-state index contributed by atoms with van der Waals surface area (Å²) in [5.74, 6) is -1.36. The molecule has 0 spiro atoms. The van der Waals surface area contributed by atoms with E-state index in [0.717, 1.165) is 12.1 Å². The van der Waals surface area contributed by atoms with E-state index in [4.69, 9.17) is 27.6 Å². The van der Waals surface area contributed by atoms with Crippen LogP contribution in [0.3, 0.4) is 0 Å². The highest BCUT2D eigenvalue weighted by atomic mass is 35.5. The molecule has 3 aromatic rings. The lowest BCUT2D eigenvalue weighted by atomic mass is 10.1. The molecule has 3 rings (SSSR count). The van der Waals surface area contributed by atoms with E-state index in [1.807, 2.05) is 6.07 Å². The van der Waals surface area contributed by atoms with Crippen molar-refractivity contribution in [1.29, 1.82) is 0 Å². The van der Waals surface area contributed by atoms with Crippen molar-refractivity contribution in [1.82, 2.24) is 4.90 Å². The van der Waals surface area contributed by atoms with Crippen LogP contribution in [0.15, 0.2) is 65.3 Å². The Morgan fingerprint density at radius 3 is 2.46 bits per heavy atom. The monoisotopic (exact) mass is 420 g/mol. The number of nitrogens with one attached hydrogen (secondary N) is 1. The number of halogens is 3. The lowest BCUT2D eigenvalue weighted by Gasteiger charge is -2.22. The summed E-state index contributed by atoms with van der Waals surface area (Å²) in [5, 5.41) is 2.50. The molecule has 1 aromatic heterocycles. The van der Waals surface area contributed by atoms with E-state index >= 15 is 0 Å². The molecule has 0 saturated carbocycles. The van der Waals surface area contributed by atoms with Gasteiger partial charge in [0, 0.05) is 5.69 Å². The molecule has 1 heterocycles. The van der Waals surface area contributed by atoms with Gasteiger partial charge in [0.25, 0.3) is 5.91 Å². The number of hydrogen-bond donors (Lipinski definition) is 1. The molecule has 144 valence electrons.